The van der Waals surface area contributed by atoms with Gasteiger partial charge in [-0.25, -0.2) is 14.7 Å². The molecule has 0 fully saturated rings. The van der Waals surface area contributed by atoms with Crippen LogP contribution in [0.2, 0.25) is 0 Å². The minimum absolute atomic E-state index is 0.278. The van der Waals surface area contributed by atoms with Crippen LogP contribution in [0.25, 0.3) is 10.2 Å². The van der Waals surface area contributed by atoms with Gasteiger partial charge in [-0.1, -0.05) is 41.2 Å². The fraction of sp³-hybridized carbons (Fsp3) is 0.0435. The molecule has 0 bridgehead atoms. The summed E-state index contributed by atoms with van der Waals surface area (Å²) in [7, 11) is 0. The van der Waals surface area contributed by atoms with Crippen LogP contribution >= 0.6 is 11.3 Å². The number of rotatable bonds is 3. The number of carbonyl (C=O) groups is 3. The van der Waals surface area contributed by atoms with Gasteiger partial charge in [0, 0.05) is 0 Å². The molecule has 0 radical (unpaired) electrons. The number of esters is 1. The third-order valence-corrected chi connectivity index (χ3v) is 5.83. The second-order valence-electron chi connectivity index (χ2n) is 6.87. The average Bonchev–Trinajstić information content (AvgIpc) is 3.28. The normalized spacial score (nSPS) is 13.0. The van der Waals surface area contributed by atoms with E-state index in [1.165, 1.54) is 11.3 Å². The lowest BCUT2D eigenvalue weighted by molar-refractivity contribution is 0.0734. The highest BCUT2D eigenvalue weighted by molar-refractivity contribution is 7.22. The highest BCUT2D eigenvalue weighted by Gasteiger charge is 2.38. The largest absolute Gasteiger partial charge is 0.423 e. The van der Waals surface area contributed by atoms with Gasteiger partial charge in [0.1, 0.15) is 5.75 Å². The predicted molar refractivity (Wildman–Crippen MR) is 113 cm³/mol. The number of benzene rings is 3. The Hall–Kier alpha value is -3.84. The number of thiazole rings is 1. The minimum Gasteiger partial charge on any atom is -0.423 e. The first kappa shape index (κ1) is 18.2. The van der Waals surface area contributed by atoms with E-state index >= 15 is 0 Å². The van der Waals surface area contributed by atoms with E-state index in [2.05, 4.69) is 4.98 Å². The monoisotopic (exact) mass is 414 g/mol. The molecule has 0 saturated carbocycles. The molecule has 0 unspecified atom stereocenters. The summed E-state index contributed by atoms with van der Waals surface area (Å²) in [5.74, 6) is -0.819. The fourth-order valence-corrected chi connectivity index (χ4v) is 4.27. The number of fused-ring (bicyclic) bond motifs is 2. The van der Waals surface area contributed by atoms with E-state index < -0.39 is 17.8 Å². The van der Waals surface area contributed by atoms with Crippen LogP contribution in [-0.2, 0) is 0 Å². The van der Waals surface area contributed by atoms with Crippen molar-refractivity contribution < 1.29 is 19.1 Å². The molecule has 2 heterocycles. The summed E-state index contributed by atoms with van der Waals surface area (Å²) in [6.07, 6.45) is 0. The van der Waals surface area contributed by atoms with Gasteiger partial charge in [-0.3, -0.25) is 9.59 Å². The van der Waals surface area contributed by atoms with Gasteiger partial charge >= 0.3 is 5.97 Å². The molecule has 146 valence electrons. The highest BCUT2D eigenvalue weighted by Crippen LogP contribution is 2.34. The van der Waals surface area contributed by atoms with E-state index in [-0.39, 0.29) is 5.13 Å². The maximum atomic E-state index is 12.7. The van der Waals surface area contributed by atoms with E-state index in [1.807, 2.05) is 19.1 Å². The number of ether oxygens (including phenoxy) is 1. The molecule has 7 heteroatoms. The van der Waals surface area contributed by atoms with Crippen LogP contribution in [0.4, 0.5) is 5.13 Å². The second-order valence-corrected chi connectivity index (χ2v) is 7.88. The Bertz CT molecular complexity index is 1310. The minimum atomic E-state index is -0.489. The summed E-state index contributed by atoms with van der Waals surface area (Å²) in [6, 6.07) is 18.8. The number of anilines is 1. The number of aryl methyl sites for hydroxylation is 1. The Labute approximate surface area is 175 Å². The van der Waals surface area contributed by atoms with Crippen LogP contribution in [0.3, 0.4) is 0 Å². The summed E-state index contributed by atoms with van der Waals surface area (Å²) < 4.78 is 6.09. The van der Waals surface area contributed by atoms with Gasteiger partial charge in [0.15, 0.2) is 0 Å². The number of nitrogens with zero attached hydrogens (tertiary/aromatic N) is 2. The number of imide groups is 1. The first-order valence-electron chi connectivity index (χ1n) is 9.18. The Kier molecular flexibility index (Phi) is 4.18. The summed E-state index contributed by atoms with van der Waals surface area (Å²) in [4.78, 5) is 43.4. The quantitative estimate of drug-likeness (QED) is 0.278. The molecule has 30 heavy (non-hydrogen) atoms. The van der Waals surface area contributed by atoms with Crippen molar-refractivity contribution in [1.29, 1.82) is 0 Å². The fourth-order valence-electron chi connectivity index (χ4n) is 3.27. The number of hydrogen-bond acceptors (Lipinski definition) is 6. The zero-order valence-corrected chi connectivity index (χ0v) is 16.6. The predicted octanol–water partition coefficient (Wildman–Crippen LogP) is 4.62. The van der Waals surface area contributed by atoms with E-state index in [0.29, 0.717) is 32.7 Å². The first-order chi connectivity index (χ1) is 14.5. The molecule has 0 saturated heterocycles. The lowest BCUT2D eigenvalue weighted by Crippen LogP contribution is -2.29. The molecule has 0 spiro atoms. The van der Waals surface area contributed by atoms with Gasteiger partial charge in [-0.05, 0) is 49.4 Å². The van der Waals surface area contributed by atoms with Crippen molar-refractivity contribution in [3.8, 4) is 5.75 Å². The zero-order chi connectivity index (χ0) is 20.8. The van der Waals surface area contributed by atoms with E-state index in [1.54, 1.807) is 54.6 Å². The molecule has 0 atom stereocenters. The summed E-state index contributed by atoms with van der Waals surface area (Å²) in [5.41, 5.74) is 2.76. The maximum absolute atomic E-state index is 12.7. The molecular formula is C23H14N2O4S. The molecule has 2 amide bonds. The van der Waals surface area contributed by atoms with Crippen molar-refractivity contribution in [2.24, 2.45) is 0 Å². The van der Waals surface area contributed by atoms with Crippen molar-refractivity contribution in [2.45, 2.75) is 6.92 Å². The van der Waals surface area contributed by atoms with Gasteiger partial charge in [-0.2, -0.15) is 0 Å². The SMILES string of the molecule is Cc1ccc(OC(=O)c2ccc3nc(N4C(=O)c5ccccc5C4=O)sc3c2)cc1. The number of hydrogen-bond donors (Lipinski definition) is 0. The van der Waals surface area contributed by atoms with Crippen LogP contribution in [0.15, 0.2) is 66.7 Å². The highest BCUT2D eigenvalue weighted by atomic mass is 32.1. The van der Waals surface area contributed by atoms with E-state index in [0.717, 1.165) is 10.5 Å². The molecule has 4 aromatic rings. The van der Waals surface area contributed by atoms with Crippen LogP contribution in [-0.4, -0.2) is 22.8 Å². The molecule has 1 aliphatic rings. The molecule has 0 aliphatic carbocycles. The molecule has 6 nitrogen and oxygen atoms in total. The third-order valence-electron chi connectivity index (χ3n) is 4.83. The van der Waals surface area contributed by atoms with Crippen LogP contribution in [0, 0.1) is 6.92 Å². The van der Waals surface area contributed by atoms with Gasteiger partial charge in [0.25, 0.3) is 11.8 Å². The Morgan fingerprint density at radius 1 is 0.933 bits per heavy atom. The second kappa shape index (κ2) is 6.89. The first-order valence-corrected chi connectivity index (χ1v) is 10.0. The van der Waals surface area contributed by atoms with Crippen LogP contribution in [0.5, 0.6) is 5.75 Å². The number of aromatic nitrogens is 1. The van der Waals surface area contributed by atoms with Crippen molar-refractivity contribution in [3.05, 3.63) is 89.0 Å². The number of carbonyl (C=O) groups excluding carboxylic acids is 3. The van der Waals surface area contributed by atoms with Crippen molar-refractivity contribution in [1.82, 2.24) is 4.98 Å². The average molecular weight is 414 g/mol. The van der Waals surface area contributed by atoms with Gasteiger partial charge < -0.3 is 4.74 Å². The standard InChI is InChI=1S/C23H14N2O4S/c1-13-6-9-15(10-7-13)29-22(28)14-8-11-18-19(12-14)30-23(24-18)25-20(26)16-4-2-3-5-17(16)21(25)27/h2-12H,1H3. The Balaban J connectivity index is 1.45. The molecule has 5 rings (SSSR count). The smallest absolute Gasteiger partial charge is 0.343 e. The van der Waals surface area contributed by atoms with Crippen LogP contribution in [0.1, 0.15) is 36.6 Å². The molecule has 0 N–H and O–H groups in total. The molecular weight excluding hydrogens is 400 g/mol. The summed E-state index contributed by atoms with van der Waals surface area (Å²) in [6.45, 7) is 1.95. The van der Waals surface area contributed by atoms with Crippen molar-refractivity contribution in [2.75, 3.05) is 4.90 Å². The molecule has 3 aromatic carbocycles. The zero-order valence-electron chi connectivity index (χ0n) is 15.8. The Morgan fingerprint density at radius 2 is 1.60 bits per heavy atom. The van der Waals surface area contributed by atoms with Gasteiger partial charge in [-0.15, -0.1) is 0 Å². The maximum Gasteiger partial charge on any atom is 0.343 e. The number of amides is 2. The summed E-state index contributed by atoms with van der Waals surface area (Å²) in [5, 5.41) is 0.278. The van der Waals surface area contributed by atoms with Crippen molar-refractivity contribution in [3.63, 3.8) is 0 Å². The summed E-state index contributed by atoms with van der Waals surface area (Å²) >= 11 is 1.18. The lowest BCUT2D eigenvalue weighted by Gasteiger charge is -2.08. The van der Waals surface area contributed by atoms with E-state index in [9.17, 15) is 14.4 Å². The molecule has 1 aromatic heterocycles. The van der Waals surface area contributed by atoms with Gasteiger partial charge in [0.05, 0.1) is 26.9 Å². The topological polar surface area (TPSA) is 76.6 Å². The third kappa shape index (κ3) is 2.96. The molecule has 1 aliphatic heterocycles. The Morgan fingerprint density at radius 3 is 2.27 bits per heavy atom. The van der Waals surface area contributed by atoms with Crippen LogP contribution < -0.4 is 9.64 Å². The van der Waals surface area contributed by atoms with Gasteiger partial charge in [0.2, 0.25) is 5.13 Å². The lowest BCUT2D eigenvalue weighted by atomic mass is 10.1. The van der Waals surface area contributed by atoms with E-state index in [4.69, 9.17) is 4.74 Å². The van der Waals surface area contributed by atoms with Crippen molar-refractivity contribution >= 4 is 44.5 Å².